The molecule has 0 aliphatic carbocycles. The number of benzene rings is 3. The normalized spacial score (nSPS) is 10.6. The van der Waals surface area contributed by atoms with Gasteiger partial charge in [-0.2, -0.15) is 5.10 Å². The number of hydrazone groups is 1. The standard InChI is InChI=1S/C24H22N4O5/c1-16-7-8-17(2)21(13-16)26-23(29)15-33-22-6-4-3-5-19(22)14-25-27-24(30)18-9-11-20(12-10-18)28(31)32/h3-14H,15H2,1-2H3,(H,26,29)(H,27,30)/b25-14+. The molecule has 0 fully saturated rings. The molecule has 0 radical (unpaired) electrons. The summed E-state index contributed by atoms with van der Waals surface area (Å²) in [6.45, 7) is 3.65. The lowest BCUT2D eigenvalue weighted by atomic mass is 10.1. The van der Waals surface area contributed by atoms with Crippen LogP contribution in [0.25, 0.3) is 0 Å². The fourth-order valence-electron chi connectivity index (χ4n) is 2.88. The van der Waals surface area contributed by atoms with Gasteiger partial charge in [0.25, 0.3) is 17.5 Å². The third-order valence-corrected chi connectivity index (χ3v) is 4.65. The van der Waals surface area contributed by atoms with E-state index >= 15 is 0 Å². The molecular formula is C24H22N4O5. The number of carbonyl (C=O) groups excluding carboxylic acids is 2. The molecule has 9 nitrogen and oxygen atoms in total. The molecule has 3 aromatic rings. The molecule has 0 unspecified atom stereocenters. The second kappa shape index (κ2) is 10.7. The lowest BCUT2D eigenvalue weighted by molar-refractivity contribution is -0.384. The minimum Gasteiger partial charge on any atom is -0.483 e. The van der Waals surface area contributed by atoms with Crippen molar-refractivity contribution in [2.24, 2.45) is 5.10 Å². The Balaban J connectivity index is 1.58. The third-order valence-electron chi connectivity index (χ3n) is 4.65. The lowest BCUT2D eigenvalue weighted by Crippen LogP contribution is -2.21. The Labute approximate surface area is 190 Å². The van der Waals surface area contributed by atoms with Crippen LogP contribution in [0, 0.1) is 24.0 Å². The third kappa shape index (κ3) is 6.47. The van der Waals surface area contributed by atoms with Crippen LogP contribution in [0.5, 0.6) is 5.75 Å². The minimum atomic E-state index is -0.543. The number of hydrogen-bond acceptors (Lipinski definition) is 6. The number of rotatable bonds is 8. The fourth-order valence-corrected chi connectivity index (χ4v) is 2.88. The Morgan fingerprint density at radius 2 is 1.79 bits per heavy atom. The number of aryl methyl sites for hydroxylation is 2. The predicted octanol–water partition coefficient (Wildman–Crippen LogP) is 3.99. The molecule has 0 saturated carbocycles. The van der Waals surface area contributed by atoms with Gasteiger partial charge in [0.15, 0.2) is 6.61 Å². The number of non-ortho nitro benzene ring substituents is 1. The molecule has 0 aromatic heterocycles. The van der Waals surface area contributed by atoms with Crippen molar-refractivity contribution >= 4 is 29.4 Å². The summed E-state index contributed by atoms with van der Waals surface area (Å²) < 4.78 is 5.64. The van der Waals surface area contributed by atoms with Gasteiger partial charge in [-0.1, -0.05) is 24.3 Å². The maximum atomic E-state index is 12.3. The summed E-state index contributed by atoms with van der Waals surface area (Å²) >= 11 is 0. The minimum absolute atomic E-state index is 0.109. The molecule has 0 aliphatic rings. The topological polar surface area (TPSA) is 123 Å². The number of hydrogen-bond donors (Lipinski definition) is 2. The maximum absolute atomic E-state index is 12.3. The number of nitrogens with one attached hydrogen (secondary N) is 2. The lowest BCUT2D eigenvalue weighted by Gasteiger charge is -2.11. The second-order valence-electron chi connectivity index (χ2n) is 7.20. The average Bonchev–Trinajstić information content (AvgIpc) is 2.80. The van der Waals surface area contributed by atoms with E-state index in [-0.39, 0.29) is 23.8 Å². The Morgan fingerprint density at radius 1 is 1.06 bits per heavy atom. The van der Waals surface area contributed by atoms with Gasteiger partial charge in [0.1, 0.15) is 5.75 Å². The monoisotopic (exact) mass is 446 g/mol. The zero-order chi connectivity index (χ0) is 23.8. The first-order valence-electron chi connectivity index (χ1n) is 10.0. The highest BCUT2D eigenvalue weighted by molar-refractivity contribution is 5.95. The summed E-state index contributed by atoms with van der Waals surface area (Å²) in [4.78, 5) is 34.6. The summed E-state index contributed by atoms with van der Waals surface area (Å²) in [6.07, 6.45) is 1.39. The van der Waals surface area contributed by atoms with Gasteiger partial charge in [-0.3, -0.25) is 19.7 Å². The van der Waals surface area contributed by atoms with Crippen LogP contribution in [0.1, 0.15) is 27.0 Å². The molecule has 3 aromatic carbocycles. The maximum Gasteiger partial charge on any atom is 0.271 e. The Morgan fingerprint density at radius 3 is 2.52 bits per heavy atom. The van der Waals surface area contributed by atoms with Gasteiger partial charge in [-0.25, -0.2) is 5.43 Å². The van der Waals surface area contributed by atoms with Crippen molar-refractivity contribution < 1.29 is 19.2 Å². The number of nitro benzene ring substituents is 1. The van der Waals surface area contributed by atoms with Crippen molar-refractivity contribution in [3.05, 3.63) is 99.1 Å². The first-order chi connectivity index (χ1) is 15.8. The van der Waals surface area contributed by atoms with Crippen molar-refractivity contribution in [3.8, 4) is 5.75 Å². The zero-order valence-corrected chi connectivity index (χ0v) is 18.1. The van der Waals surface area contributed by atoms with Gasteiger partial charge in [0.2, 0.25) is 0 Å². The van der Waals surface area contributed by atoms with Crippen LogP contribution in [0.2, 0.25) is 0 Å². The molecule has 0 heterocycles. The fraction of sp³-hybridized carbons (Fsp3) is 0.125. The van der Waals surface area contributed by atoms with E-state index in [1.165, 1.54) is 30.5 Å². The number of nitro groups is 1. The van der Waals surface area contributed by atoms with E-state index in [9.17, 15) is 19.7 Å². The number of ether oxygens (including phenoxy) is 1. The molecule has 0 spiro atoms. The average molecular weight is 446 g/mol. The molecule has 0 aliphatic heterocycles. The highest BCUT2D eigenvalue weighted by Crippen LogP contribution is 2.18. The summed E-state index contributed by atoms with van der Waals surface area (Å²) in [5.74, 6) is -0.406. The van der Waals surface area contributed by atoms with Crippen LogP contribution in [0.3, 0.4) is 0 Å². The van der Waals surface area contributed by atoms with Crippen molar-refractivity contribution in [1.82, 2.24) is 5.43 Å². The van der Waals surface area contributed by atoms with E-state index in [1.54, 1.807) is 24.3 Å². The van der Waals surface area contributed by atoms with Crippen LogP contribution >= 0.6 is 0 Å². The molecule has 2 N–H and O–H groups in total. The predicted molar refractivity (Wildman–Crippen MR) is 125 cm³/mol. The Kier molecular flexibility index (Phi) is 7.48. The van der Waals surface area contributed by atoms with Crippen LogP contribution in [-0.4, -0.2) is 29.6 Å². The molecule has 0 atom stereocenters. The van der Waals surface area contributed by atoms with E-state index in [0.29, 0.717) is 11.3 Å². The first kappa shape index (κ1) is 23.1. The molecule has 2 amide bonds. The van der Waals surface area contributed by atoms with Crippen molar-refractivity contribution in [2.45, 2.75) is 13.8 Å². The van der Waals surface area contributed by atoms with E-state index in [2.05, 4.69) is 15.8 Å². The quantitative estimate of drug-likeness (QED) is 0.308. The molecule has 3 rings (SSSR count). The highest BCUT2D eigenvalue weighted by atomic mass is 16.6. The van der Waals surface area contributed by atoms with E-state index < -0.39 is 10.8 Å². The first-order valence-corrected chi connectivity index (χ1v) is 10.0. The zero-order valence-electron chi connectivity index (χ0n) is 18.1. The molecule has 168 valence electrons. The summed E-state index contributed by atoms with van der Waals surface area (Å²) in [6, 6.07) is 17.9. The summed E-state index contributed by atoms with van der Waals surface area (Å²) in [5, 5.41) is 17.4. The molecule has 33 heavy (non-hydrogen) atoms. The van der Waals surface area contributed by atoms with Crippen molar-refractivity contribution in [3.63, 3.8) is 0 Å². The van der Waals surface area contributed by atoms with Crippen LogP contribution in [0.4, 0.5) is 11.4 Å². The van der Waals surface area contributed by atoms with Gasteiger partial charge >= 0.3 is 0 Å². The van der Waals surface area contributed by atoms with Gasteiger partial charge in [-0.05, 0) is 55.3 Å². The number of anilines is 1. The second-order valence-corrected chi connectivity index (χ2v) is 7.20. The Bertz CT molecular complexity index is 1210. The SMILES string of the molecule is Cc1ccc(C)c(NC(=O)COc2ccccc2/C=N/NC(=O)c2ccc([N+](=O)[O-])cc2)c1. The molecule has 0 saturated heterocycles. The van der Waals surface area contributed by atoms with Gasteiger partial charge in [0, 0.05) is 28.9 Å². The van der Waals surface area contributed by atoms with Crippen LogP contribution in [0.15, 0.2) is 71.8 Å². The van der Waals surface area contributed by atoms with E-state index in [1.807, 2.05) is 32.0 Å². The number of amides is 2. The molecule has 0 bridgehead atoms. The highest BCUT2D eigenvalue weighted by Gasteiger charge is 2.10. The van der Waals surface area contributed by atoms with Crippen molar-refractivity contribution in [1.29, 1.82) is 0 Å². The smallest absolute Gasteiger partial charge is 0.271 e. The largest absolute Gasteiger partial charge is 0.483 e. The van der Waals surface area contributed by atoms with E-state index in [4.69, 9.17) is 4.74 Å². The molecular weight excluding hydrogens is 424 g/mol. The van der Waals surface area contributed by atoms with Crippen LogP contribution < -0.4 is 15.5 Å². The van der Waals surface area contributed by atoms with Gasteiger partial charge < -0.3 is 10.1 Å². The molecule has 9 heteroatoms. The number of carbonyl (C=O) groups is 2. The number of para-hydroxylation sites is 1. The van der Waals surface area contributed by atoms with Gasteiger partial charge in [0.05, 0.1) is 11.1 Å². The summed E-state index contributed by atoms with van der Waals surface area (Å²) in [7, 11) is 0. The Hall–Kier alpha value is -4.53. The van der Waals surface area contributed by atoms with Crippen molar-refractivity contribution in [2.75, 3.05) is 11.9 Å². The van der Waals surface area contributed by atoms with Crippen LogP contribution in [-0.2, 0) is 4.79 Å². The summed E-state index contributed by atoms with van der Waals surface area (Å²) in [5.41, 5.74) is 5.75. The van der Waals surface area contributed by atoms with E-state index in [0.717, 1.165) is 16.8 Å². The number of nitrogens with zero attached hydrogens (tertiary/aromatic N) is 2. The van der Waals surface area contributed by atoms with Gasteiger partial charge in [-0.15, -0.1) is 0 Å².